The first-order valence-corrected chi connectivity index (χ1v) is 10.3. The van der Waals surface area contributed by atoms with Gasteiger partial charge in [0.05, 0.1) is 17.8 Å². The number of aryl methyl sites for hydroxylation is 1. The molecule has 156 valence electrons. The van der Waals surface area contributed by atoms with Crippen molar-refractivity contribution in [1.82, 2.24) is 14.8 Å². The Labute approximate surface area is 179 Å². The number of nitrogens with zero attached hydrogens (tertiary/aromatic N) is 3. The Morgan fingerprint density at radius 1 is 0.935 bits per heavy atom. The Morgan fingerprint density at radius 3 is 2.45 bits per heavy atom. The summed E-state index contributed by atoms with van der Waals surface area (Å²) in [5, 5.41) is 2.91. The maximum absolute atomic E-state index is 13.3. The van der Waals surface area contributed by atoms with E-state index in [1.165, 1.54) is 0 Å². The van der Waals surface area contributed by atoms with E-state index >= 15 is 0 Å². The number of para-hydroxylation sites is 1. The van der Waals surface area contributed by atoms with Crippen LogP contribution in [0.2, 0.25) is 0 Å². The monoisotopic (exact) mass is 414 g/mol. The van der Waals surface area contributed by atoms with Gasteiger partial charge >= 0.3 is 0 Å². The molecule has 2 aliphatic heterocycles. The average Bonchev–Trinajstić information content (AvgIpc) is 3.33. The van der Waals surface area contributed by atoms with Crippen molar-refractivity contribution < 1.29 is 14.4 Å². The van der Waals surface area contributed by atoms with E-state index in [1.807, 2.05) is 54.2 Å². The third kappa shape index (κ3) is 3.09. The van der Waals surface area contributed by atoms with Crippen LogP contribution in [-0.4, -0.2) is 33.7 Å². The van der Waals surface area contributed by atoms with Crippen molar-refractivity contribution in [2.24, 2.45) is 7.05 Å². The number of nitrogens with one attached hydrogen (secondary N) is 1. The van der Waals surface area contributed by atoms with Crippen LogP contribution in [-0.2, 0) is 18.4 Å². The van der Waals surface area contributed by atoms with Crippen LogP contribution in [0.15, 0.2) is 66.9 Å². The minimum atomic E-state index is -0.535. The fourth-order valence-corrected chi connectivity index (χ4v) is 4.38. The van der Waals surface area contributed by atoms with Crippen LogP contribution >= 0.6 is 0 Å². The Bertz CT molecular complexity index is 1200. The minimum absolute atomic E-state index is 0.126. The van der Waals surface area contributed by atoms with Gasteiger partial charge in [0.25, 0.3) is 11.8 Å². The molecule has 1 aromatic heterocycles. The highest BCUT2D eigenvalue weighted by molar-refractivity contribution is 6.16. The number of hydrogen-bond acceptors (Lipinski definition) is 3. The molecule has 3 aromatic rings. The molecule has 0 aliphatic carbocycles. The first-order chi connectivity index (χ1) is 15.1. The summed E-state index contributed by atoms with van der Waals surface area (Å²) >= 11 is 0. The van der Waals surface area contributed by atoms with Gasteiger partial charge in [-0.2, -0.15) is 0 Å². The van der Waals surface area contributed by atoms with E-state index in [4.69, 9.17) is 0 Å². The molecule has 3 amide bonds. The summed E-state index contributed by atoms with van der Waals surface area (Å²) in [6.45, 7) is 0.644. The number of benzene rings is 2. The molecule has 7 heteroatoms. The summed E-state index contributed by atoms with van der Waals surface area (Å²) < 4.78 is 1.95. The smallest absolute Gasteiger partial charge is 0.260 e. The summed E-state index contributed by atoms with van der Waals surface area (Å²) in [5.41, 5.74) is 3.47. The van der Waals surface area contributed by atoms with Gasteiger partial charge in [-0.05, 0) is 30.3 Å². The fourth-order valence-electron chi connectivity index (χ4n) is 4.38. The second-order valence-corrected chi connectivity index (χ2v) is 7.79. The van der Waals surface area contributed by atoms with Crippen molar-refractivity contribution in [3.05, 3.63) is 89.2 Å². The van der Waals surface area contributed by atoms with Crippen LogP contribution in [0, 0.1) is 0 Å². The highest BCUT2D eigenvalue weighted by Gasteiger charge is 2.47. The summed E-state index contributed by atoms with van der Waals surface area (Å²) in [4.78, 5) is 42.3. The Kier molecular flexibility index (Phi) is 4.58. The first kappa shape index (κ1) is 19.1. The molecule has 1 atom stereocenters. The van der Waals surface area contributed by atoms with Crippen LogP contribution in [0.4, 0.5) is 5.69 Å². The maximum Gasteiger partial charge on any atom is 0.260 e. The normalized spacial score (nSPS) is 16.7. The van der Waals surface area contributed by atoms with E-state index < -0.39 is 6.17 Å². The number of amides is 3. The molecule has 1 N–H and O–H groups in total. The van der Waals surface area contributed by atoms with Gasteiger partial charge in [-0.15, -0.1) is 0 Å². The van der Waals surface area contributed by atoms with Crippen molar-refractivity contribution in [3.63, 3.8) is 0 Å². The van der Waals surface area contributed by atoms with Gasteiger partial charge in [-0.1, -0.05) is 30.3 Å². The molecular formula is C24H22N4O3. The largest absolute Gasteiger partial charge is 0.353 e. The number of rotatable bonds is 5. The molecule has 31 heavy (non-hydrogen) atoms. The van der Waals surface area contributed by atoms with Crippen molar-refractivity contribution in [1.29, 1.82) is 0 Å². The Hall–Kier alpha value is -3.87. The lowest BCUT2D eigenvalue weighted by atomic mass is 10.0. The molecule has 5 rings (SSSR count). The predicted octanol–water partition coefficient (Wildman–Crippen LogP) is 2.85. The zero-order chi connectivity index (χ0) is 21.5. The highest BCUT2D eigenvalue weighted by atomic mass is 16.2. The quantitative estimate of drug-likeness (QED) is 0.698. The molecule has 0 radical (unpaired) electrons. The van der Waals surface area contributed by atoms with Gasteiger partial charge in [-0.25, -0.2) is 0 Å². The standard InChI is InChI=1S/C24H22N4O3/c1-26-13-6-7-16(26)15-25-21(29)12-14-27-22-17-8-2-3-9-18(17)24(31)28(22)20-11-5-4-10-19(20)23(27)30/h2-11,13,22H,12,14-15H2,1H3,(H,25,29)/t22-/m0/s1. The van der Waals surface area contributed by atoms with Gasteiger partial charge in [-0.3, -0.25) is 19.3 Å². The zero-order valence-electron chi connectivity index (χ0n) is 17.1. The molecule has 0 fully saturated rings. The number of carbonyl (C=O) groups excluding carboxylic acids is 3. The lowest BCUT2D eigenvalue weighted by molar-refractivity contribution is -0.121. The number of fused-ring (bicyclic) bond motifs is 5. The van der Waals surface area contributed by atoms with Gasteiger partial charge in [0.2, 0.25) is 5.91 Å². The van der Waals surface area contributed by atoms with Crippen molar-refractivity contribution in [3.8, 4) is 0 Å². The van der Waals surface area contributed by atoms with Gasteiger partial charge in [0, 0.05) is 43.0 Å². The van der Waals surface area contributed by atoms with Gasteiger partial charge < -0.3 is 14.8 Å². The predicted molar refractivity (Wildman–Crippen MR) is 115 cm³/mol. The number of carbonyl (C=O) groups is 3. The molecule has 0 bridgehead atoms. The fraction of sp³-hybridized carbons (Fsp3) is 0.208. The maximum atomic E-state index is 13.3. The summed E-state index contributed by atoms with van der Waals surface area (Å²) in [6.07, 6.45) is 1.54. The summed E-state index contributed by atoms with van der Waals surface area (Å²) in [5.74, 6) is -0.438. The second-order valence-electron chi connectivity index (χ2n) is 7.79. The van der Waals surface area contributed by atoms with E-state index in [2.05, 4.69) is 5.32 Å². The van der Waals surface area contributed by atoms with Crippen molar-refractivity contribution in [2.75, 3.05) is 11.4 Å². The van der Waals surface area contributed by atoms with E-state index in [9.17, 15) is 14.4 Å². The number of anilines is 1. The van der Waals surface area contributed by atoms with Gasteiger partial charge in [0.15, 0.2) is 0 Å². The average molecular weight is 414 g/mol. The molecule has 0 saturated carbocycles. The molecular weight excluding hydrogens is 392 g/mol. The van der Waals surface area contributed by atoms with Crippen LogP contribution in [0.3, 0.4) is 0 Å². The zero-order valence-corrected chi connectivity index (χ0v) is 17.1. The lowest BCUT2D eigenvalue weighted by Crippen LogP contribution is -2.49. The lowest BCUT2D eigenvalue weighted by Gasteiger charge is -2.40. The van der Waals surface area contributed by atoms with E-state index in [0.717, 1.165) is 11.3 Å². The van der Waals surface area contributed by atoms with Crippen LogP contribution in [0.5, 0.6) is 0 Å². The molecule has 2 aromatic carbocycles. The van der Waals surface area contributed by atoms with E-state index in [1.54, 1.807) is 34.1 Å². The third-order valence-corrected chi connectivity index (χ3v) is 5.98. The van der Waals surface area contributed by atoms with Crippen LogP contribution in [0.25, 0.3) is 0 Å². The van der Waals surface area contributed by atoms with E-state index in [0.29, 0.717) is 23.4 Å². The Balaban J connectivity index is 1.40. The van der Waals surface area contributed by atoms with Crippen molar-refractivity contribution >= 4 is 23.4 Å². The first-order valence-electron chi connectivity index (χ1n) is 10.3. The SMILES string of the molecule is Cn1cccc1CNC(=O)CCN1C(=O)c2ccccc2N2C(=O)c3ccccc3[C@@H]12. The molecule has 3 heterocycles. The number of hydrogen-bond donors (Lipinski definition) is 1. The molecule has 0 unspecified atom stereocenters. The molecule has 2 aliphatic rings. The summed E-state index contributed by atoms with van der Waals surface area (Å²) in [6, 6.07) is 18.4. The minimum Gasteiger partial charge on any atom is -0.353 e. The highest BCUT2D eigenvalue weighted by Crippen LogP contribution is 2.45. The Morgan fingerprint density at radius 2 is 1.68 bits per heavy atom. The topological polar surface area (TPSA) is 74.7 Å². The second kappa shape index (κ2) is 7.43. The number of aromatic nitrogens is 1. The summed E-state index contributed by atoms with van der Waals surface area (Å²) in [7, 11) is 1.93. The molecule has 7 nitrogen and oxygen atoms in total. The van der Waals surface area contributed by atoms with E-state index in [-0.39, 0.29) is 30.7 Å². The molecule has 0 saturated heterocycles. The third-order valence-electron chi connectivity index (χ3n) is 5.98. The van der Waals surface area contributed by atoms with Crippen LogP contribution < -0.4 is 10.2 Å². The van der Waals surface area contributed by atoms with Crippen LogP contribution in [0.1, 0.15) is 44.6 Å². The van der Waals surface area contributed by atoms with Gasteiger partial charge in [0.1, 0.15) is 6.17 Å². The van der Waals surface area contributed by atoms with Crippen molar-refractivity contribution in [2.45, 2.75) is 19.1 Å². The molecule has 0 spiro atoms.